The van der Waals surface area contributed by atoms with Crippen LogP contribution in [0.1, 0.15) is 21.6 Å². The van der Waals surface area contributed by atoms with Crippen LogP contribution in [0.3, 0.4) is 0 Å². The number of benzene rings is 1. The van der Waals surface area contributed by atoms with Crippen LogP contribution in [0, 0.1) is 6.92 Å². The highest BCUT2D eigenvalue weighted by atomic mass is 32.2. The summed E-state index contributed by atoms with van der Waals surface area (Å²) in [5.41, 5.74) is 9.14. The van der Waals surface area contributed by atoms with Crippen molar-refractivity contribution in [3.8, 4) is 0 Å². The number of hydrogen-bond acceptors (Lipinski definition) is 5. The largest absolute Gasteiger partial charge is 0.464 e. The number of anilines is 1. The quantitative estimate of drug-likeness (QED) is 0.692. The Morgan fingerprint density at radius 2 is 2.15 bits per heavy atom. The zero-order valence-corrected chi connectivity index (χ0v) is 12.2. The van der Waals surface area contributed by atoms with Crippen molar-refractivity contribution in [2.45, 2.75) is 17.7 Å². The lowest BCUT2D eigenvalue weighted by Gasteiger charge is -2.07. The molecule has 0 saturated carbocycles. The van der Waals surface area contributed by atoms with Crippen molar-refractivity contribution in [2.75, 3.05) is 12.8 Å². The van der Waals surface area contributed by atoms with Crippen LogP contribution in [0.5, 0.6) is 0 Å². The molecule has 0 amide bonds. The van der Waals surface area contributed by atoms with Crippen LogP contribution in [-0.2, 0) is 10.5 Å². The fourth-order valence-electron chi connectivity index (χ4n) is 1.74. The van der Waals surface area contributed by atoms with Gasteiger partial charge in [-0.15, -0.1) is 0 Å². The Hall–Kier alpha value is -2.01. The van der Waals surface area contributed by atoms with Gasteiger partial charge in [0.15, 0.2) is 0 Å². The number of nitrogens with two attached hydrogens (primary N) is 1. The molecule has 0 spiro atoms. The number of methoxy groups -OCH3 is 1. The molecule has 0 unspecified atom stereocenters. The molecular weight excluding hydrogens is 272 g/mol. The lowest BCUT2D eigenvalue weighted by molar-refractivity contribution is 0.0593. The first-order valence-electron chi connectivity index (χ1n) is 6.13. The molecule has 0 fully saturated rings. The monoisotopic (exact) mass is 288 g/mol. The van der Waals surface area contributed by atoms with E-state index in [1.165, 1.54) is 30.0 Å². The van der Waals surface area contributed by atoms with Gasteiger partial charge in [0.1, 0.15) is 10.7 Å². The minimum Gasteiger partial charge on any atom is -0.464 e. The Balaban J connectivity index is 2.14. The summed E-state index contributed by atoms with van der Waals surface area (Å²) < 4.78 is 4.66. The number of nitrogens with zero attached hydrogens (tertiary/aromatic N) is 1. The first kappa shape index (κ1) is 14.4. The summed E-state index contributed by atoms with van der Waals surface area (Å²) in [7, 11) is 1.33. The van der Waals surface area contributed by atoms with Gasteiger partial charge in [-0.25, -0.2) is 9.78 Å². The predicted molar refractivity (Wildman–Crippen MR) is 80.7 cm³/mol. The molecule has 0 atom stereocenters. The average molecular weight is 288 g/mol. The summed E-state index contributed by atoms with van der Waals surface area (Å²) in [6, 6.07) is 11.5. The second-order valence-corrected chi connectivity index (χ2v) is 5.32. The molecule has 5 heteroatoms. The number of aromatic nitrogens is 1. The molecule has 0 aliphatic carbocycles. The minimum absolute atomic E-state index is 0.272. The van der Waals surface area contributed by atoms with E-state index in [0.717, 1.165) is 5.75 Å². The van der Waals surface area contributed by atoms with Crippen molar-refractivity contribution in [1.29, 1.82) is 0 Å². The fraction of sp³-hybridized carbons (Fsp3) is 0.200. The zero-order valence-electron chi connectivity index (χ0n) is 11.4. The van der Waals surface area contributed by atoms with Gasteiger partial charge >= 0.3 is 5.97 Å². The third kappa shape index (κ3) is 3.51. The number of thioether (sulfide) groups is 1. The maximum Gasteiger partial charge on any atom is 0.356 e. The van der Waals surface area contributed by atoms with E-state index in [4.69, 9.17) is 5.73 Å². The second kappa shape index (κ2) is 6.43. The summed E-state index contributed by atoms with van der Waals surface area (Å²) in [5, 5.41) is 0.648. The van der Waals surface area contributed by atoms with Gasteiger partial charge in [-0.05, 0) is 24.6 Å². The van der Waals surface area contributed by atoms with Gasteiger partial charge in [-0.1, -0.05) is 41.6 Å². The van der Waals surface area contributed by atoms with Crippen molar-refractivity contribution >= 4 is 23.4 Å². The molecule has 20 heavy (non-hydrogen) atoms. The summed E-state index contributed by atoms with van der Waals surface area (Å²) in [4.78, 5) is 15.7. The smallest absolute Gasteiger partial charge is 0.356 e. The third-order valence-electron chi connectivity index (χ3n) is 2.74. The maximum absolute atomic E-state index is 11.5. The molecule has 0 radical (unpaired) electrons. The fourth-order valence-corrected chi connectivity index (χ4v) is 2.62. The number of nitrogen functional groups attached to an aromatic ring is 1. The van der Waals surface area contributed by atoms with Crippen LogP contribution >= 0.6 is 11.8 Å². The van der Waals surface area contributed by atoms with Crippen LogP contribution < -0.4 is 5.73 Å². The summed E-state index contributed by atoms with van der Waals surface area (Å²) in [6.45, 7) is 2.05. The van der Waals surface area contributed by atoms with Gasteiger partial charge in [0.05, 0.1) is 12.8 Å². The molecule has 2 N–H and O–H groups in total. The molecule has 2 rings (SSSR count). The molecule has 1 aromatic carbocycles. The molecule has 0 aliphatic rings. The van der Waals surface area contributed by atoms with E-state index in [9.17, 15) is 4.79 Å². The molecule has 104 valence electrons. The molecule has 4 nitrogen and oxygen atoms in total. The van der Waals surface area contributed by atoms with Gasteiger partial charge < -0.3 is 10.5 Å². The first-order chi connectivity index (χ1) is 9.60. The number of rotatable bonds is 4. The number of carbonyl (C=O) groups is 1. The van der Waals surface area contributed by atoms with Crippen LogP contribution in [0.4, 0.5) is 5.69 Å². The summed E-state index contributed by atoms with van der Waals surface area (Å²) in [6.07, 6.45) is 0. The molecule has 2 aromatic rings. The number of pyridine rings is 1. The van der Waals surface area contributed by atoms with Crippen LogP contribution in [0.2, 0.25) is 0 Å². The lowest BCUT2D eigenvalue weighted by Crippen LogP contribution is -2.06. The Labute approximate surface area is 122 Å². The number of carbonyl (C=O) groups excluding carboxylic acids is 1. The van der Waals surface area contributed by atoms with E-state index >= 15 is 0 Å². The molecule has 1 heterocycles. The van der Waals surface area contributed by atoms with Crippen molar-refractivity contribution in [3.05, 3.63) is 53.2 Å². The van der Waals surface area contributed by atoms with Gasteiger partial charge in [0.25, 0.3) is 0 Å². The van der Waals surface area contributed by atoms with E-state index in [2.05, 4.69) is 34.8 Å². The molecule has 0 aliphatic heterocycles. The van der Waals surface area contributed by atoms with Gasteiger partial charge in [0, 0.05) is 5.75 Å². The molecular formula is C15H16N2O2S. The SMILES string of the molecule is COC(=O)c1ccc(N)c(SCc2cccc(C)c2)n1. The van der Waals surface area contributed by atoms with E-state index < -0.39 is 5.97 Å². The van der Waals surface area contributed by atoms with E-state index in [1.807, 2.05) is 6.07 Å². The van der Waals surface area contributed by atoms with E-state index in [-0.39, 0.29) is 5.69 Å². The highest BCUT2D eigenvalue weighted by molar-refractivity contribution is 7.98. The van der Waals surface area contributed by atoms with Gasteiger partial charge in [-0.2, -0.15) is 0 Å². The normalized spacial score (nSPS) is 10.3. The van der Waals surface area contributed by atoms with Crippen LogP contribution in [-0.4, -0.2) is 18.1 Å². The lowest BCUT2D eigenvalue weighted by atomic mass is 10.2. The summed E-state index contributed by atoms with van der Waals surface area (Å²) >= 11 is 1.51. The third-order valence-corrected chi connectivity index (χ3v) is 3.82. The number of aryl methyl sites for hydroxylation is 1. The Kier molecular flexibility index (Phi) is 4.63. The van der Waals surface area contributed by atoms with Crippen molar-refractivity contribution in [2.24, 2.45) is 0 Å². The number of ether oxygens (including phenoxy) is 1. The Morgan fingerprint density at radius 1 is 1.35 bits per heavy atom. The Morgan fingerprint density at radius 3 is 2.85 bits per heavy atom. The molecule has 1 aromatic heterocycles. The van der Waals surface area contributed by atoms with Gasteiger partial charge in [-0.3, -0.25) is 0 Å². The molecule has 0 bridgehead atoms. The average Bonchev–Trinajstić information content (AvgIpc) is 2.45. The maximum atomic E-state index is 11.5. The van der Waals surface area contributed by atoms with E-state index in [0.29, 0.717) is 10.7 Å². The highest BCUT2D eigenvalue weighted by Crippen LogP contribution is 2.26. The number of esters is 1. The van der Waals surface area contributed by atoms with Gasteiger partial charge in [0.2, 0.25) is 0 Å². The Bertz CT molecular complexity index is 629. The minimum atomic E-state index is -0.456. The zero-order chi connectivity index (χ0) is 14.5. The van der Waals surface area contributed by atoms with Crippen LogP contribution in [0.25, 0.3) is 0 Å². The first-order valence-corrected chi connectivity index (χ1v) is 7.12. The topological polar surface area (TPSA) is 65.2 Å². The number of hydrogen-bond donors (Lipinski definition) is 1. The molecule has 0 saturated heterocycles. The summed E-state index contributed by atoms with van der Waals surface area (Å²) in [5.74, 6) is 0.297. The van der Waals surface area contributed by atoms with Crippen molar-refractivity contribution < 1.29 is 9.53 Å². The highest BCUT2D eigenvalue weighted by Gasteiger charge is 2.11. The van der Waals surface area contributed by atoms with Crippen molar-refractivity contribution in [3.63, 3.8) is 0 Å². The second-order valence-electron chi connectivity index (χ2n) is 4.36. The van der Waals surface area contributed by atoms with Crippen molar-refractivity contribution in [1.82, 2.24) is 4.98 Å². The standard InChI is InChI=1S/C15H16N2O2S/c1-10-4-3-5-11(8-10)9-20-14-12(16)6-7-13(17-14)15(18)19-2/h3-8H,9,16H2,1-2H3. The van der Waals surface area contributed by atoms with E-state index in [1.54, 1.807) is 12.1 Å². The predicted octanol–water partition coefficient (Wildman–Crippen LogP) is 3.05. The van der Waals surface area contributed by atoms with Crippen LogP contribution in [0.15, 0.2) is 41.4 Å².